The quantitative estimate of drug-likeness (QED) is 0.752. The fourth-order valence-corrected chi connectivity index (χ4v) is 2.61. The molecule has 1 heterocycles. The van der Waals surface area contributed by atoms with Crippen molar-refractivity contribution in [2.75, 3.05) is 19.7 Å². The van der Waals surface area contributed by atoms with Crippen molar-refractivity contribution in [1.82, 2.24) is 10.2 Å². The van der Waals surface area contributed by atoms with E-state index in [1.165, 1.54) is 0 Å². The zero-order valence-corrected chi connectivity index (χ0v) is 14.9. The first-order valence-corrected chi connectivity index (χ1v) is 8.39. The van der Waals surface area contributed by atoms with Gasteiger partial charge >= 0.3 is 5.97 Å². The summed E-state index contributed by atoms with van der Waals surface area (Å²) >= 11 is 0. The number of carbonyl (C=O) groups is 2. The predicted molar refractivity (Wildman–Crippen MR) is 87.4 cm³/mol. The zero-order valence-electron chi connectivity index (χ0n) is 14.9. The predicted octanol–water partition coefficient (Wildman–Crippen LogP) is 1.70. The first-order chi connectivity index (χ1) is 10.7. The minimum atomic E-state index is -0.866. The highest BCUT2D eigenvalue weighted by Crippen LogP contribution is 2.21. The lowest BCUT2D eigenvalue weighted by Gasteiger charge is -2.36. The van der Waals surface area contributed by atoms with Crippen molar-refractivity contribution < 1.29 is 14.3 Å². The van der Waals surface area contributed by atoms with Crippen molar-refractivity contribution in [3.8, 4) is 6.07 Å². The molecule has 1 fully saturated rings. The summed E-state index contributed by atoms with van der Waals surface area (Å²) in [6.07, 6.45) is 1.41. The summed E-state index contributed by atoms with van der Waals surface area (Å²) in [6, 6.07) is 1.88. The number of rotatable bonds is 6. The summed E-state index contributed by atoms with van der Waals surface area (Å²) in [4.78, 5) is 26.3. The van der Waals surface area contributed by atoms with Crippen molar-refractivity contribution >= 4 is 11.9 Å². The molecule has 0 unspecified atom stereocenters. The summed E-state index contributed by atoms with van der Waals surface area (Å²) in [5.41, 5.74) is -0.866. The summed E-state index contributed by atoms with van der Waals surface area (Å²) in [5, 5.41) is 12.2. The van der Waals surface area contributed by atoms with Crippen LogP contribution in [0.5, 0.6) is 0 Å². The van der Waals surface area contributed by atoms with E-state index < -0.39 is 5.54 Å². The van der Waals surface area contributed by atoms with Gasteiger partial charge in [-0.05, 0) is 52.6 Å². The number of amides is 1. The Kier molecular flexibility index (Phi) is 7.01. The lowest BCUT2D eigenvalue weighted by atomic mass is 9.89. The number of nitrogens with one attached hydrogen (secondary N) is 1. The van der Waals surface area contributed by atoms with Crippen LogP contribution in [0.4, 0.5) is 0 Å². The molecule has 0 radical (unpaired) electrons. The molecule has 0 aromatic carbocycles. The fraction of sp³-hybridized carbons (Fsp3) is 0.824. The maximum atomic E-state index is 12.4. The van der Waals surface area contributed by atoms with E-state index in [2.05, 4.69) is 16.3 Å². The molecule has 23 heavy (non-hydrogen) atoms. The number of nitriles is 1. The van der Waals surface area contributed by atoms with Crippen LogP contribution >= 0.6 is 0 Å². The fourth-order valence-electron chi connectivity index (χ4n) is 2.61. The highest BCUT2D eigenvalue weighted by molar-refractivity contribution is 5.82. The van der Waals surface area contributed by atoms with Gasteiger partial charge in [0.15, 0.2) is 0 Å². The van der Waals surface area contributed by atoms with Gasteiger partial charge in [-0.3, -0.25) is 14.5 Å². The number of hydrogen-bond donors (Lipinski definition) is 1. The van der Waals surface area contributed by atoms with E-state index in [0.29, 0.717) is 32.5 Å². The first kappa shape index (κ1) is 19.4. The number of hydrogen-bond acceptors (Lipinski definition) is 5. The Morgan fingerprint density at radius 3 is 2.35 bits per heavy atom. The Bertz CT molecular complexity index is 464. The molecule has 0 bridgehead atoms. The zero-order chi connectivity index (χ0) is 17.6. The Morgan fingerprint density at radius 1 is 1.35 bits per heavy atom. The van der Waals surface area contributed by atoms with Crippen molar-refractivity contribution in [1.29, 1.82) is 5.26 Å². The Labute approximate surface area is 139 Å². The van der Waals surface area contributed by atoms with E-state index in [1.54, 1.807) is 13.8 Å². The van der Waals surface area contributed by atoms with Gasteiger partial charge in [-0.25, -0.2) is 0 Å². The molecule has 0 aromatic heterocycles. The van der Waals surface area contributed by atoms with Gasteiger partial charge in [-0.2, -0.15) is 5.26 Å². The third kappa shape index (κ3) is 4.93. The minimum absolute atomic E-state index is 0.0261. The van der Waals surface area contributed by atoms with E-state index >= 15 is 0 Å². The average molecular weight is 323 g/mol. The number of likely N-dealkylation sites (tertiary alicyclic amines) is 1. The van der Waals surface area contributed by atoms with E-state index in [0.717, 1.165) is 0 Å². The van der Waals surface area contributed by atoms with Gasteiger partial charge in [0.2, 0.25) is 5.91 Å². The van der Waals surface area contributed by atoms with Crippen molar-refractivity contribution in [3.05, 3.63) is 0 Å². The molecule has 6 heteroatoms. The van der Waals surface area contributed by atoms with E-state index in [9.17, 15) is 14.9 Å². The van der Waals surface area contributed by atoms with Crippen molar-refractivity contribution in [3.63, 3.8) is 0 Å². The largest absolute Gasteiger partial charge is 0.466 e. The molecule has 1 saturated heterocycles. The van der Waals surface area contributed by atoms with Gasteiger partial charge < -0.3 is 10.1 Å². The molecule has 1 amide bonds. The molecule has 1 N–H and O–H groups in total. The molecule has 6 nitrogen and oxygen atoms in total. The molecule has 1 aliphatic heterocycles. The highest BCUT2D eigenvalue weighted by atomic mass is 16.5. The molecule has 0 spiro atoms. The summed E-state index contributed by atoms with van der Waals surface area (Å²) < 4.78 is 5.06. The van der Waals surface area contributed by atoms with Crippen LogP contribution in [0.15, 0.2) is 0 Å². The lowest BCUT2D eigenvalue weighted by molar-refractivity contribution is -0.149. The molecule has 130 valence electrons. The molecule has 1 aliphatic rings. The summed E-state index contributed by atoms with van der Waals surface area (Å²) in [6.45, 7) is 11.0. The van der Waals surface area contributed by atoms with Crippen LogP contribution in [-0.2, 0) is 14.3 Å². The average Bonchev–Trinajstić information content (AvgIpc) is 2.54. The third-order valence-corrected chi connectivity index (χ3v) is 4.85. The minimum Gasteiger partial charge on any atom is -0.466 e. The molecule has 1 rings (SSSR count). The maximum Gasteiger partial charge on any atom is 0.309 e. The number of esters is 1. The van der Waals surface area contributed by atoms with Crippen molar-refractivity contribution in [2.45, 2.75) is 59.0 Å². The maximum absolute atomic E-state index is 12.4. The highest BCUT2D eigenvalue weighted by Gasteiger charge is 2.35. The Morgan fingerprint density at radius 2 is 1.91 bits per heavy atom. The number of piperidine rings is 1. The number of ether oxygens (including phenoxy) is 1. The standard InChI is InChI=1S/C17H29N3O3/c1-6-23-16(22)14-7-9-20(10-8-14)13(4)15(21)19-17(5,11-18)12(2)3/h12-14H,6-10H2,1-5H3,(H,19,21)/t13-,17-/m1/s1. The van der Waals surface area contributed by atoms with Gasteiger partial charge in [0, 0.05) is 0 Å². The third-order valence-electron chi connectivity index (χ3n) is 4.85. The summed E-state index contributed by atoms with van der Waals surface area (Å²) in [5.74, 6) is -0.321. The van der Waals surface area contributed by atoms with Crippen LogP contribution in [0.1, 0.15) is 47.5 Å². The molecule has 0 aromatic rings. The Balaban J connectivity index is 2.56. The van der Waals surface area contributed by atoms with Crippen LogP contribution in [-0.4, -0.2) is 48.1 Å². The second kappa shape index (κ2) is 8.30. The lowest BCUT2D eigenvalue weighted by Crippen LogP contribution is -2.56. The van der Waals surface area contributed by atoms with Gasteiger partial charge in [0.25, 0.3) is 0 Å². The Hall–Kier alpha value is -1.61. The van der Waals surface area contributed by atoms with Crippen LogP contribution < -0.4 is 5.32 Å². The summed E-state index contributed by atoms with van der Waals surface area (Å²) in [7, 11) is 0. The smallest absolute Gasteiger partial charge is 0.309 e. The van der Waals surface area contributed by atoms with Crippen LogP contribution in [0, 0.1) is 23.2 Å². The normalized spacial score (nSPS) is 20.4. The van der Waals surface area contributed by atoms with Gasteiger partial charge in [-0.15, -0.1) is 0 Å². The molecule has 0 saturated carbocycles. The van der Waals surface area contributed by atoms with E-state index in [-0.39, 0.29) is 29.8 Å². The van der Waals surface area contributed by atoms with Crippen LogP contribution in [0.2, 0.25) is 0 Å². The number of carbonyl (C=O) groups excluding carboxylic acids is 2. The second-order valence-corrected chi connectivity index (χ2v) is 6.70. The van der Waals surface area contributed by atoms with Gasteiger partial charge in [-0.1, -0.05) is 13.8 Å². The second-order valence-electron chi connectivity index (χ2n) is 6.70. The van der Waals surface area contributed by atoms with Gasteiger partial charge in [0.1, 0.15) is 5.54 Å². The first-order valence-electron chi connectivity index (χ1n) is 8.39. The number of nitrogens with zero attached hydrogens (tertiary/aromatic N) is 2. The van der Waals surface area contributed by atoms with E-state index in [1.807, 2.05) is 20.8 Å². The van der Waals surface area contributed by atoms with Gasteiger partial charge in [0.05, 0.1) is 24.6 Å². The molecule has 0 aliphatic carbocycles. The monoisotopic (exact) mass is 323 g/mol. The topological polar surface area (TPSA) is 82.4 Å². The SMILES string of the molecule is CCOC(=O)C1CCN([C@H](C)C(=O)N[C@](C)(C#N)C(C)C)CC1. The van der Waals surface area contributed by atoms with Crippen LogP contribution in [0.3, 0.4) is 0 Å². The van der Waals surface area contributed by atoms with Crippen LogP contribution in [0.25, 0.3) is 0 Å². The van der Waals surface area contributed by atoms with Crippen molar-refractivity contribution in [2.24, 2.45) is 11.8 Å². The van der Waals surface area contributed by atoms with E-state index in [4.69, 9.17) is 4.74 Å². The molecular weight excluding hydrogens is 294 g/mol. The molecule has 2 atom stereocenters. The molecular formula is C17H29N3O3.